The lowest BCUT2D eigenvalue weighted by Gasteiger charge is -2.08. The van der Waals surface area contributed by atoms with Gasteiger partial charge in [-0.15, -0.1) is 0 Å². The van der Waals surface area contributed by atoms with Gasteiger partial charge in [-0.05, 0) is 12.1 Å². The molecule has 0 saturated carbocycles. The van der Waals surface area contributed by atoms with Crippen LogP contribution in [0.1, 0.15) is 5.56 Å². The fourth-order valence-electron chi connectivity index (χ4n) is 0.998. The molecule has 0 spiro atoms. The average Bonchev–Trinajstić information content (AvgIpc) is 2.16. The number of nitrogens with one attached hydrogen (secondary N) is 1. The molecule has 1 aromatic rings. The van der Waals surface area contributed by atoms with Crippen LogP contribution < -0.4 is 14.6 Å². The van der Waals surface area contributed by atoms with Crippen molar-refractivity contribution in [3.05, 3.63) is 23.8 Å². The Hall–Kier alpha value is -1.78. The second-order valence-corrected chi connectivity index (χ2v) is 3.97. The predicted molar refractivity (Wildman–Crippen MR) is 54.4 cm³/mol. The molecule has 0 aromatic heterocycles. The molecule has 7 heteroatoms. The third kappa shape index (κ3) is 3.12. The Morgan fingerprint density at radius 2 is 2.20 bits per heavy atom. The summed E-state index contributed by atoms with van der Waals surface area (Å²) in [7, 11) is -2.48. The van der Waals surface area contributed by atoms with Crippen molar-refractivity contribution >= 4 is 15.9 Å². The van der Waals surface area contributed by atoms with Crippen LogP contribution in [0.15, 0.2) is 18.2 Å². The summed E-state index contributed by atoms with van der Waals surface area (Å²) in [5, 5.41) is 13.4. The van der Waals surface area contributed by atoms with Gasteiger partial charge in [0.15, 0.2) is 0 Å². The summed E-state index contributed by atoms with van der Waals surface area (Å²) >= 11 is 0. The number of nitrogens with two attached hydrogens (primary N) is 1. The zero-order valence-electron chi connectivity index (χ0n) is 7.89. The van der Waals surface area contributed by atoms with Crippen molar-refractivity contribution in [1.29, 1.82) is 5.26 Å². The summed E-state index contributed by atoms with van der Waals surface area (Å²) in [5.74, 6) is 0.239. The molecule has 0 fully saturated rings. The minimum atomic E-state index is -3.84. The smallest absolute Gasteiger partial charge is 0.296 e. The minimum Gasteiger partial charge on any atom is -0.495 e. The van der Waals surface area contributed by atoms with Crippen molar-refractivity contribution in [3.8, 4) is 11.8 Å². The van der Waals surface area contributed by atoms with Crippen LogP contribution in [0.4, 0.5) is 5.69 Å². The summed E-state index contributed by atoms with van der Waals surface area (Å²) in [5.41, 5.74) is 0.561. The van der Waals surface area contributed by atoms with E-state index in [-0.39, 0.29) is 11.4 Å². The molecule has 0 heterocycles. The van der Waals surface area contributed by atoms with Gasteiger partial charge in [-0.25, -0.2) is 5.14 Å². The lowest BCUT2D eigenvalue weighted by Crippen LogP contribution is -2.22. The van der Waals surface area contributed by atoms with Gasteiger partial charge >= 0.3 is 0 Å². The molecule has 0 radical (unpaired) electrons. The summed E-state index contributed by atoms with van der Waals surface area (Å²) < 4.78 is 28.5. The highest BCUT2D eigenvalue weighted by atomic mass is 32.2. The fraction of sp³-hybridized carbons (Fsp3) is 0.125. The van der Waals surface area contributed by atoms with E-state index in [2.05, 4.69) is 4.72 Å². The molecular weight excluding hydrogens is 218 g/mol. The molecule has 3 N–H and O–H groups in total. The summed E-state index contributed by atoms with van der Waals surface area (Å²) in [6, 6.07) is 6.17. The molecule has 0 saturated heterocycles. The van der Waals surface area contributed by atoms with Crippen molar-refractivity contribution in [3.63, 3.8) is 0 Å². The van der Waals surface area contributed by atoms with Gasteiger partial charge in [0.05, 0.1) is 24.4 Å². The number of nitriles is 1. The van der Waals surface area contributed by atoms with Gasteiger partial charge in [0, 0.05) is 6.07 Å². The summed E-state index contributed by atoms with van der Waals surface area (Å²) in [6.07, 6.45) is 0. The van der Waals surface area contributed by atoms with Gasteiger partial charge in [-0.1, -0.05) is 0 Å². The first-order chi connectivity index (χ1) is 6.96. The van der Waals surface area contributed by atoms with Crippen molar-refractivity contribution in [2.24, 2.45) is 5.14 Å². The van der Waals surface area contributed by atoms with E-state index in [4.69, 9.17) is 15.1 Å². The Bertz CT molecular complexity index is 504. The zero-order valence-corrected chi connectivity index (χ0v) is 8.71. The Morgan fingerprint density at radius 3 is 2.67 bits per heavy atom. The monoisotopic (exact) mass is 227 g/mol. The van der Waals surface area contributed by atoms with Gasteiger partial charge in [-0.3, -0.25) is 4.72 Å². The second-order valence-electron chi connectivity index (χ2n) is 2.67. The largest absolute Gasteiger partial charge is 0.495 e. The Kier molecular flexibility index (Phi) is 3.14. The zero-order chi connectivity index (χ0) is 11.5. The first-order valence-corrected chi connectivity index (χ1v) is 5.39. The van der Waals surface area contributed by atoms with Crippen LogP contribution in [0.3, 0.4) is 0 Å². The van der Waals surface area contributed by atoms with E-state index in [0.29, 0.717) is 5.56 Å². The van der Waals surface area contributed by atoms with Gasteiger partial charge in [-0.2, -0.15) is 13.7 Å². The van der Waals surface area contributed by atoms with E-state index in [1.165, 1.54) is 25.3 Å². The van der Waals surface area contributed by atoms with Crippen LogP contribution >= 0.6 is 0 Å². The van der Waals surface area contributed by atoms with Crippen LogP contribution in [-0.2, 0) is 10.2 Å². The van der Waals surface area contributed by atoms with Crippen LogP contribution in [-0.4, -0.2) is 15.5 Å². The molecule has 0 aliphatic carbocycles. The minimum absolute atomic E-state index is 0.194. The third-order valence-electron chi connectivity index (χ3n) is 1.58. The van der Waals surface area contributed by atoms with E-state index in [0.717, 1.165) is 0 Å². The van der Waals surface area contributed by atoms with Crippen molar-refractivity contribution in [2.45, 2.75) is 0 Å². The molecule has 6 nitrogen and oxygen atoms in total. The highest BCUT2D eigenvalue weighted by Crippen LogP contribution is 2.25. The highest BCUT2D eigenvalue weighted by molar-refractivity contribution is 7.90. The number of rotatable bonds is 3. The first kappa shape index (κ1) is 11.3. The maximum absolute atomic E-state index is 10.8. The lowest BCUT2D eigenvalue weighted by molar-refractivity contribution is 0.416. The molecule has 0 bridgehead atoms. The van der Waals surface area contributed by atoms with Gasteiger partial charge in [0.2, 0.25) is 0 Å². The number of ether oxygens (including phenoxy) is 1. The topological polar surface area (TPSA) is 105 Å². The van der Waals surface area contributed by atoms with E-state index in [1.807, 2.05) is 6.07 Å². The fourth-order valence-corrected chi connectivity index (χ4v) is 1.47. The predicted octanol–water partition coefficient (Wildman–Crippen LogP) is 0.182. The normalized spacial score (nSPS) is 10.5. The summed E-state index contributed by atoms with van der Waals surface area (Å²) in [4.78, 5) is 0. The Balaban J connectivity index is 3.15. The quantitative estimate of drug-likeness (QED) is 0.768. The molecule has 1 aromatic carbocycles. The van der Waals surface area contributed by atoms with Gasteiger partial charge < -0.3 is 4.74 Å². The van der Waals surface area contributed by atoms with Gasteiger partial charge in [0.25, 0.3) is 10.2 Å². The van der Waals surface area contributed by atoms with Crippen LogP contribution in [0.25, 0.3) is 0 Å². The number of hydrogen-bond acceptors (Lipinski definition) is 4. The molecule has 15 heavy (non-hydrogen) atoms. The van der Waals surface area contributed by atoms with E-state index in [9.17, 15) is 8.42 Å². The van der Waals surface area contributed by atoms with Gasteiger partial charge in [0.1, 0.15) is 5.75 Å². The molecule has 0 aliphatic heterocycles. The molecule has 0 amide bonds. The number of benzene rings is 1. The number of methoxy groups -OCH3 is 1. The number of hydrogen-bond donors (Lipinski definition) is 2. The Morgan fingerprint density at radius 1 is 1.53 bits per heavy atom. The van der Waals surface area contributed by atoms with E-state index < -0.39 is 10.2 Å². The lowest BCUT2D eigenvalue weighted by atomic mass is 10.2. The molecule has 0 unspecified atom stereocenters. The van der Waals surface area contributed by atoms with Crippen LogP contribution in [0.2, 0.25) is 0 Å². The standard InChI is InChI=1S/C8H9N3O3S/c1-14-8-4-6(5-9)2-3-7(8)11-15(10,12)13/h2-4,11H,1H3,(H2,10,12,13). The third-order valence-corrected chi connectivity index (χ3v) is 2.09. The van der Waals surface area contributed by atoms with Crippen molar-refractivity contribution < 1.29 is 13.2 Å². The highest BCUT2D eigenvalue weighted by Gasteiger charge is 2.08. The molecule has 0 atom stereocenters. The molecule has 1 rings (SSSR count). The van der Waals surface area contributed by atoms with E-state index >= 15 is 0 Å². The maximum atomic E-state index is 10.8. The number of anilines is 1. The maximum Gasteiger partial charge on any atom is 0.296 e. The Labute approximate surface area is 87.5 Å². The molecule has 80 valence electrons. The van der Waals surface area contributed by atoms with Crippen LogP contribution in [0.5, 0.6) is 5.75 Å². The molecule has 0 aliphatic rings. The average molecular weight is 227 g/mol. The SMILES string of the molecule is COc1cc(C#N)ccc1NS(N)(=O)=O. The summed E-state index contributed by atoms with van der Waals surface area (Å²) in [6.45, 7) is 0. The van der Waals surface area contributed by atoms with Crippen molar-refractivity contribution in [2.75, 3.05) is 11.8 Å². The van der Waals surface area contributed by atoms with Crippen molar-refractivity contribution in [1.82, 2.24) is 0 Å². The first-order valence-electron chi connectivity index (χ1n) is 3.85. The van der Waals surface area contributed by atoms with Crippen LogP contribution in [0, 0.1) is 11.3 Å². The number of nitrogens with zero attached hydrogens (tertiary/aromatic N) is 1. The van der Waals surface area contributed by atoms with E-state index in [1.54, 1.807) is 0 Å². The molecular formula is C8H9N3O3S. The second kappa shape index (κ2) is 4.16.